The van der Waals surface area contributed by atoms with Crippen molar-refractivity contribution in [1.82, 2.24) is 0 Å². The normalized spacial score (nSPS) is 27.2. The largest absolute Gasteiger partial charge is 0.466 e. The summed E-state index contributed by atoms with van der Waals surface area (Å²) in [5.41, 5.74) is 0. The summed E-state index contributed by atoms with van der Waals surface area (Å²) >= 11 is 0. The van der Waals surface area contributed by atoms with Crippen LogP contribution < -0.4 is 0 Å². The monoisotopic (exact) mass is 446 g/mol. The first-order chi connectivity index (χ1) is 15.3. The van der Waals surface area contributed by atoms with E-state index in [0.717, 1.165) is 25.7 Å². The number of carbonyl (C=O) groups excluding carboxylic acids is 2. The molecule has 0 heterocycles. The molecule has 32 heavy (non-hydrogen) atoms. The number of hydrogen-bond donors (Lipinski definition) is 2. The molecule has 0 spiro atoms. The maximum atomic E-state index is 11.5. The number of carbonyl (C=O) groups is 2. The minimum atomic E-state index is -0.632. The summed E-state index contributed by atoms with van der Waals surface area (Å²) in [6.07, 6.45) is 12.0. The SMILES string of the molecule is COC(=O)/C=C/CCCC[C@@H]1[C@@H](/C=C/[C@@H](O)[C@@H](C)CC#CC2CC2)[C@H](O)C[C@@H]1OC(C)=O. The number of aliphatic hydroxyl groups excluding tert-OH is 2. The van der Waals surface area contributed by atoms with Crippen LogP contribution in [0.5, 0.6) is 0 Å². The van der Waals surface area contributed by atoms with Crippen molar-refractivity contribution in [2.45, 2.75) is 83.5 Å². The summed E-state index contributed by atoms with van der Waals surface area (Å²) in [6, 6.07) is 0. The summed E-state index contributed by atoms with van der Waals surface area (Å²) in [4.78, 5) is 22.7. The summed E-state index contributed by atoms with van der Waals surface area (Å²) in [6.45, 7) is 3.36. The van der Waals surface area contributed by atoms with E-state index < -0.39 is 12.2 Å². The molecule has 0 bridgehead atoms. The molecule has 0 radical (unpaired) electrons. The standard InChI is InChI=1S/C26H38O6/c1-18(9-8-10-20-13-14-20)23(28)16-15-21-22(25(17-24(21)29)32-19(2)27)11-6-4-5-7-12-26(30)31-3/h7,12,15-16,18,20-25,28-29H,4-6,9,11,13-14,17H2,1-3H3/b12-7+,16-15+/t18-,21+,22+,23+,24+,25-/m0/s1. The second-order valence-electron chi connectivity index (χ2n) is 9.05. The summed E-state index contributed by atoms with van der Waals surface area (Å²) < 4.78 is 10.1. The summed E-state index contributed by atoms with van der Waals surface area (Å²) in [5, 5.41) is 21.1. The van der Waals surface area contributed by atoms with Crippen molar-refractivity contribution in [3.8, 4) is 11.8 Å². The van der Waals surface area contributed by atoms with Crippen molar-refractivity contribution in [1.29, 1.82) is 0 Å². The lowest BCUT2D eigenvalue weighted by atomic mass is 9.87. The van der Waals surface area contributed by atoms with Gasteiger partial charge in [0.1, 0.15) is 6.10 Å². The molecule has 178 valence electrons. The highest BCUT2D eigenvalue weighted by Gasteiger charge is 2.42. The van der Waals surface area contributed by atoms with Gasteiger partial charge < -0.3 is 19.7 Å². The second-order valence-corrected chi connectivity index (χ2v) is 9.05. The van der Waals surface area contributed by atoms with Gasteiger partial charge in [-0.2, -0.15) is 0 Å². The molecular weight excluding hydrogens is 408 g/mol. The van der Waals surface area contributed by atoms with Gasteiger partial charge in [0.15, 0.2) is 0 Å². The van der Waals surface area contributed by atoms with Gasteiger partial charge in [0.2, 0.25) is 0 Å². The molecule has 0 aromatic heterocycles. The van der Waals surface area contributed by atoms with Crippen LogP contribution in [0.1, 0.15) is 65.2 Å². The van der Waals surface area contributed by atoms with Crippen LogP contribution in [0.25, 0.3) is 0 Å². The Balaban J connectivity index is 1.91. The maximum Gasteiger partial charge on any atom is 0.330 e. The predicted molar refractivity (Wildman–Crippen MR) is 122 cm³/mol. The molecule has 0 aromatic rings. The van der Waals surface area contributed by atoms with Gasteiger partial charge in [-0.05, 0) is 38.0 Å². The third-order valence-corrected chi connectivity index (χ3v) is 6.24. The minimum Gasteiger partial charge on any atom is -0.466 e. The average Bonchev–Trinajstić information content (AvgIpc) is 3.52. The molecule has 0 saturated heterocycles. The molecule has 2 fully saturated rings. The molecule has 6 heteroatoms. The van der Waals surface area contributed by atoms with Crippen molar-refractivity contribution < 1.29 is 29.3 Å². The van der Waals surface area contributed by atoms with Crippen LogP contribution in [-0.4, -0.2) is 47.6 Å². The molecule has 0 unspecified atom stereocenters. The van der Waals surface area contributed by atoms with Crippen molar-refractivity contribution >= 4 is 11.9 Å². The second kappa shape index (κ2) is 13.4. The fraction of sp³-hybridized carbons (Fsp3) is 0.692. The fourth-order valence-corrected chi connectivity index (χ4v) is 4.14. The Morgan fingerprint density at radius 2 is 2.00 bits per heavy atom. The van der Waals surface area contributed by atoms with Crippen molar-refractivity contribution in [3.63, 3.8) is 0 Å². The molecule has 0 aromatic carbocycles. The number of methoxy groups -OCH3 is 1. The Morgan fingerprint density at radius 3 is 2.66 bits per heavy atom. The molecule has 2 aliphatic rings. The Morgan fingerprint density at radius 1 is 1.25 bits per heavy atom. The molecule has 6 atom stereocenters. The van der Waals surface area contributed by atoms with Crippen LogP contribution >= 0.6 is 0 Å². The summed E-state index contributed by atoms with van der Waals surface area (Å²) in [7, 11) is 1.35. The van der Waals surface area contributed by atoms with Gasteiger partial charge in [0.25, 0.3) is 0 Å². The number of rotatable bonds is 11. The van der Waals surface area contributed by atoms with Crippen LogP contribution in [0.15, 0.2) is 24.3 Å². The van der Waals surface area contributed by atoms with Gasteiger partial charge in [-0.3, -0.25) is 4.79 Å². The molecule has 0 aliphatic heterocycles. The van der Waals surface area contributed by atoms with E-state index in [1.165, 1.54) is 33.0 Å². The van der Waals surface area contributed by atoms with Crippen LogP contribution in [0.3, 0.4) is 0 Å². The zero-order chi connectivity index (χ0) is 23.5. The van der Waals surface area contributed by atoms with Gasteiger partial charge in [-0.15, -0.1) is 5.92 Å². The molecule has 0 amide bonds. The van der Waals surface area contributed by atoms with Gasteiger partial charge in [-0.25, -0.2) is 4.79 Å². The number of esters is 2. The maximum absolute atomic E-state index is 11.5. The highest BCUT2D eigenvalue weighted by atomic mass is 16.5. The average molecular weight is 447 g/mol. The van der Waals surface area contributed by atoms with Gasteiger partial charge in [0.05, 0.1) is 19.3 Å². The first kappa shape index (κ1) is 26.2. The van der Waals surface area contributed by atoms with Crippen LogP contribution in [0.2, 0.25) is 0 Å². The van der Waals surface area contributed by atoms with Crippen LogP contribution in [0, 0.1) is 35.5 Å². The zero-order valence-electron chi connectivity index (χ0n) is 19.5. The molecule has 2 saturated carbocycles. The molecule has 2 rings (SSSR count). The number of allylic oxidation sites excluding steroid dienone is 1. The molecule has 6 nitrogen and oxygen atoms in total. The van der Waals surface area contributed by atoms with Crippen molar-refractivity contribution in [2.24, 2.45) is 23.7 Å². The quantitative estimate of drug-likeness (QED) is 0.166. The van der Waals surface area contributed by atoms with E-state index in [2.05, 4.69) is 16.6 Å². The number of unbranched alkanes of at least 4 members (excludes halogenated alkanes) is 2. The molecular formula is C26H38O6. The predicted octanol–water partition coefficient (Wildman–Crippen LogP) is 3.56. The topological polar surface area (TPSA) is 93.1 Å². The van der Waals surface area contributed by atoms with Crippen molar-refractivity contribution in [2.75, 3.05) is 7.11 Å². The van der Waals surface area contributed by atoms with E-state index in [1.54, 1.807) is 12.2 Å². The van der Waals surface area contributed by atoms with Crippen molar-refractivity contribution in [3.05, 3.63) is 24.3 Å². The zero-order valence-corrected chi connectivity index (χ0v) is 19.5. The van der Waals surface area contributed by atoms with Gasteiger partial charge in [-0.1, -0.05) is 37.5 Å². The Hall–Kier alpha value is -2.10. The lowest BCUT2D eigenvalue weighted by molar-refractivity contribution is -0.148. The van der Waals surface area contributed by atoms with E-state index in [-0.39, 0.29) is 35.8 Å². The number of hydrogen-bond acceptors (Lipinski definition) is 6. The third kappa shape index (κ3) is 9.18. The van der Waals surface area contributed by atoms with Crippen LogP contribution in [0.4, 0.5) is 0 Å². The van der Waals surface area contributed by atoms with E-state index in [9.17, 15) is 19.8 Å². The van der Waals surface area contributed by atoms with E-state index >= 15 is 0 Å². The fourth-order valence-electron chi connectivity index (χ4n) is 4.14. The van der Waals surface area contributed by atoms with Gasteiger partial charge in [0, 0.05) is 43.6 Å². The molecule has 2 aliphatic carbocycles. The third-order valence-electron chi connectivity index (χ3n) is 6.24. The van der Waals surface area contributed by atoms with Gasteiger partial charge >= 0.3 is 11.9 Å². The Labute approximate surface area is 192 Å². The number of ether oxygens (including phenoxy) is 2. The molecule has 2 N–H and O–H groups in total. The van der Waals surface area contributed by atoms with E-state index in [0.29, 0.717) is 18.8 Å². The Bertz CT molecular complexity index is 726. The summed E-state index contributed by atoms with van der Waals surface area (Å²) in [5.74, 6) is 6.07. The first-order valence-electron chi connectivity index (χ1n) is 11.8. The number of aliphatic hydroxyl groups is 2. The lowest BCUT2D eigenvalue weighted by Crippen LogP contribution is -2.25. The van der Waals surface area contributed by atoms with E-state index in [4.69, 9.17) is 4.74 Å². The highest BCUT2D eigenvalue weighted by molar-refractivity contribution is 5.81. The minimum absolute atomic E-state index is 0.00750. The lowest BCUT2D eigenvalue weighted by Gasteiger charge is -2.23. The highest BCUT2D eigenvalue weighted by Crippen LogP contribution is 2.39. The Kier molecular flexibility index (Phi) is 11.0. The smallest absolute Gasteiger partial charge is 0.330 e. The first-order valence-corrected chi connectivity index (χ1v) is 11.8. The van der Waals surface area contributed by atoms with Crippen LogP contribution in [-0.2, 0) is 19.1 Å². The van der Waals surface area contributed by atoms with E-state index in [1.807, 2.05) is 13.0 Å².